The van der Waals surface area contributed by atoms with Gasteiger partial charge in [-0.15, -0.1) is 0 Å². The molecule has 2 aliphatic rings. The lowest BCUT2D eigenvalue weighted by atomic mass is 9.91. The summed E-state index contributed by atoms with van der Waals surface area (Å²) >= 11 is 0. The second-order valence-corrected chi connectivity index (χ2v) is 8.74. The highest BCUT2D eigenvalue weighted by molar-refractivity contribution is 7.92. The Morgan fingerprint density at radius 2 is 1.88 bits per heavy atom. The molecular weight excluding hydrogens is 371 g/mol. The van der Waals surface area contributed by atoms with Crippen molar-refractivity contribution < 1.29 is 26.4 Å². The van der Waals surface area contributed by atoms with Crippen LogP contribution in [0.2, 0.25) is 0 Å². The molecular formula is C16H20F3N3O3S. The van der Waals surface area contributed by atoms with Crippen molar-refractivity contribution in [2.75, 3.05) is 29.4 Å². The number of benzene rings is 1. The van der Waals surface area contributed by atoms with Crippen LogP contribution in [0.1, 0.15) is 24.8 Å². The molecule has 26 heavy (non-hydrogen) atoms. The molecule has 6 nitrogen and oxygen atoms in total. The fourth-order valence-electron chi connectivity index (χ4n) is 3.53. The van der Waals surface area contributed by atoms with Crippen molar-refractivity contribution in [3.8, 4) is 0 Å². The van der Waals surface area contributed by atoms with Crippen LogP contribution in [-0.2, 0) is 21.0 Å². The summed E-state index contributed by atoms with van der Waals surface area (Å²) in [5.74, 6) is -0.631. The van der Waals surface area contributed by atoms with E-state index >= 15 is 0 Å². The third-order valence-corrected chi connectivity index (χ3v) is 5.60. The van der Waals surface area contributed by atoms with Gasteiger partial charge in [-0.2, -0.15) is 13.2 Å². The van der Waals surface area contributed by atoms with Gasteiger partial charge >= 0.3 is 6.18 Å². The molecule has 1 heterocycles. The van der Waals surface area contributed by atoms with E-state index < -0.39 is 21.8 Å². The number of nitrogens with one attached hydrogen (secondary N) is 3. The van der Waals surface area contributed by atoms with Gasteiger partial charge in [-0.1, -0.05) is 0 Å². The first-order valence-corrected chi connectivity index (χ1v) is 10.1. The van der Waals surface area contributed by atoms with Crippen molar-refractivity contribution >= 4 is 27.3 Å². The van der Waals surface area contributed by atoms with Crippen LogP contribution in [0.5, 0.6) is 0 Å². The van der Waals surface area contributed by atoms with E-state index in [1.165, 1.54) is 0 Å². The molecule has 3 rings (SSSR count). The van der Waals surface area contributed by atoms with Crippen LogP contribution >= 0.6 is 0 Å². The smallest absolute Gasteiger partial charge is 0.324 e. The number of amides is 1. The molecule has 1 aromatic rings. The lowest BCUT2D eigenvalue weighted by molar-refractivity contribution is -0.137. The molecule has 1 atom stereocenters. The molecule has 1 saturated heterocycles. The van der Waals surface area contributed by atoms with E-state index in [0.29, 0.717) is 6.42 Å². The van der Waals surface area contributed by atoms with Crippen LogP contribution in [-0.4, -0.2) is 33.7 Å². The SMILES string of the molecule is CS(=O)(=O)Nc1ccc(C(F)(F)F)cc1NC(=O)C1CC12CCNCC2. The van der Waals surface area contributed by atoms with Crippen LogP contribution in [0.3, 0.4) is 0 Å². The van der Waals surface area contributed by atoms with Gasteiger partial charge in [0.25, 0.3) is 0 Å². The van der Waals surface area contributed by atoms with Gasteiger partial charge in [0, 0.05) is 5.92 Å². The van der Waals surface area contributed by atoms with Crippen molar-refractivity contribution in [1.29, 1.82) is 0 Å². The topological polar surface area (TPSA) is 87.3 Å². The number of piperidine rings is 1. The second-order valence-electron chi connectivity index (χ2n) is 6.99. The Bertz CT molecular complexity index is 818. The Balaban J connectivity index is 1.83. The molecule has 1 aliphatic heterocycles. The molecule has 1 amide bonds. The van der Waals surface area contributed by atoms with E-state index in [1.807, 2.05) is 0 Å². The zero-order valence-corrected chi connectivity index (χ0v) is 14.9. The molecule has 0 radical (unpaired) electrons. The maximum Gasteiger partial charge on any atom is 0.416 e. The minimum absolute atomic E-state index is 0.0819. The molecule has 1 spiro atoms. The predicted molar refractivity (Wildman–Crippen MR) is 91.2 cm³/mol. The number of halogens is 3. The Morgan fingerprint density at radius 3 is 2.46 bits per heavy atom. The Hall–Kier alpha value is -1.81. The number of sulfonamides is 1. The van der Waals surface area contributed by atoms with Crippen molar-refractivity contribution in [3.05, 3.63) is 23.8 Å². The van der Waals surface area contributed by atoms with Crippen molar-refractivity contribution in [2.45, 2.75) is 25.4 Å². The number of carbonyl (C=O) groups is 1. The third kappa shape index (κ3) is 4.12. The standard InChI is InChI=1S/C16H20F3N3O3S/c1-26(24,25)22-12-3-2-10(16(17,18)19)8-13(12)21-14(23)11-9-15(11)4-6-20-7-5-15/h2-3,8,11,20,22H,4-7,9H2,1H3,(H,21,23). The molecule has 1 unspecified atom stereocenters. The van der Waals surface area contributed by atoms with Crippen molar-refractivity contribution in [3.63, 3.8) is 0 Å². The zero-order valence-electron chi connectivity index (χ0n) is 14.1. The van der Waals surface area contributed by atoms with Crippen LogP contribution in [0.4, 0.5) is 24.5 Å². The lowest BCUT2D eigenvalue weighted by Crippen LogP contribution is -2.31. The first-order chi connectivity index (χ1) is 12.0. The largest absolute Gasteiger partial charge is 0.416 e. The van der Waals surface area contributed by atoms with Crippen LogP contribution in [0.15, 0.2) is 18.2 Å². The van der Waals surface area contributed by atoms with E-state index in [9.17, 15) is 26.4 Å². The third-order valence-electron chi connectivity index (χ3n) is 5.01. The van der Waals surface area contributed by atoms with Gasteiger partial charge < -0.3 is 10.6 Å². The number of alkyl halides is 3. The highest BCUT2D eigenvalue weighted by Crippen LogP contribution is 2.58. The first-order valence-electron chi connectivity index (χ1n) is 8.21. The Kier molecular flexibility index (Phi) is 4.68. The molecule has 144 valence electrons. The van der Waals surface area contributed by atoms with Crippen LogP contribution in [0, 0.1) is 11.3 Å². The Morgan fingerprint density at radius 1 is 1.23 bits per heavy atom. The highest BCUT2D eigenvalue weighted by Gasteiger charge is 2.57. The minimum Gasteiger partial charge on any atom is -0.324 e. The van der Waals surface area contributed by atoms with Gasteiger partial charge in [0.05, 0.1) is 23.2 Å². The van der Waals surface area contributed by atoms with E-state index in [2.05, 4.69) is 15.4 Å². The number of hydrogen-bond acceptors (Lipinski definition) is 4. The summed E-state index contributed by atoms with van der Waals surface area (Å²) in [6.07, 6.45) is -1.31. The first kappa shape index (κ1) is 19.0. The Labute approximate surface area is 149 Å². The average Bonchev–Trinajstić information content (AvgIpc) is 3.20. The molecule has 1 saturated carbocycles. The second kappa shape index (κ2) is 6.41. The van der Waals surface area contributed by atoms with Crippen molar-refractivity contribution in [2.24, 2.45) is 11.3 Å². The maximum atomic E-state index is 13.0. The lowest BCUT2D eigenvalue weighted by Gasteiger charge is -2.23. The molecule has 0 bridgehead atoms. The summed E-state index contributed by atoms with van der Waals surface area (Å²) in [6, 6.07) is 2.53. The predicted octanol–water partition coefficient (Wildman–Crippen LogP) is 2.41. The van der Waals surface area contributed by atoms with Crippen LogP contribution in [0.25, 0.3) is 0 Å². The molecule has 3 N–H and O–H groups in total. The van der Waals surface area contributed by atoms with Crippen LogP contribution < -0.4 is 15.4 Å². The molecule has 2 fully saturated rings. The van der Waals surface area contributed by atoms with E-state index in [1.54, 1.807) is 0 Å². The quantitative estimate of drug-likeness (QED) is 0.736. The number of hydrogen-bond donors (Lipinski definition) is 3. The normalized spacial score (nSPS) is 22.1. The van der Waals surface area contributed by atoms with Gasteiger partial charge in [0.15, 0.2) is 0 Å². The summed E-state index contributed by atoms with van der Waals surface area (Å²) < 4.78 is 64.0. The van der Waals surface area contributed by atoms with Gasteiger partial charge in [0.1, 0.15) is 0 Å². The summed E-state index contributed by atoms with van der Waals surface area (Å²) in [5, 5.41) is 5.71. The molecule has 10 heteroatoms. The number of rotatable bonds is 4. The fourth-order valence-corrected chi connectivity index (χ4v) is 4.11. The van der Waals surface area contributed by atoms with E-state index in [4.69, 9.17) is 0 Å². The highest BCUT2D eigenvalue weighted by atomic mass is 32.2. The molecule has 1 aliphatic carbocycles. The minimum atomic E-state index is -4.60. The van der Waals surface area contributed by atoms with Gasteiger partial charge in [0.2, 0.25) is 15.9 Å². The summed E-state index contributed by atoms with van der Waals surface area (Å²) in [6.45, 7) is 1.63. The number of anilines is 2. The zero-order chi connectivity index (χ0) is 19.2. The summed E-state index contributed by atoms with van der Waals surface area (Å²) in [4.78, 5) is 12.5. The van der Waals surface area contributed by atoms with E-state index in [0.717, 1.165) is 50.4 Å². The van der Waals surface area contributed by atoms with Gasteiger partial charge in [-0.3, -0.25) is 9.52 Å². The maximum absolute atomic E-state index is 13.0. The summed E-state index contributed by atoms with van der Waals surface area (Å²) in [7, 11) is -3.71. The van der Waals surface area contributed by atoms with Gasteiger partial charge in [-0.05, 0) is 56.0 Å². The molecule has 0 aromatic heterocycles. The number of carbonyl (C=O) groups excluding carboxylic acids is 1. The van der Waals surface area contributed by atoms with E-state index in [-0.39, 0.29) is 28.6 Å². The molecule has 1 aromatic carbocycles. The average molecular weight is 391 g/mol. The summed E-state index contributed by atoms with van der Waals surface area (Å²) in [5.41, 5.74) is -1.32. The van der Waals surface area contributed by atoms with Crippen molar-refractivity contribution in [1.82, 2.24) is 5.32 Å². The monoisotopic (exact) mass is 391 g/mol. The van der Waals surface area contributed by atoms with Gasteiger partial charge in [-0.25, -0.2) is 8.42 Å². The fraction of sp³-hybridized carbons (Fsp3) is 0.562.